The van der Waals surface area contributed by atoms with Gasteiger partial charge in [0.15, 0.2) is 5.58 Å². The molecule has 0 saturated carbocycles. The lowest BCUT2D eigenvalue weighted by atomic mass is 10.2. The van der Waals surface area contributed by atoms with E-state index in [1.165, 1.54) is 17.7 Å². The van der Waals surface area contributed by atoms with Crippen LogP contribution in [0.15, 0.2) is 40.8 Å². The van der Waals surface area contributed by atoms with Crippen LogP contribution in [0.1, 0.15) is 5.56 Å². The average Bonchev–Trinajstić information content (AvgIpc) is 3.23. The lowest BCUT2D eigenvalue weighted by Crippen LogP contribution is -2.43. The Balaban J connectivity index is 1.37. The Morgan fingerprint density at radius 1 is 1.00 bits per heavy atom. The molecule has 0 amide bonds. The molecule has 0 unspecified atom stereocenters. The number of hydrogen-bond acceptors (Lipinski definition) is 6. The number of imidazole rings is 1. The van der Waals surface area contributed by atoms with Gasteiger partial charge >= 0.3 is 6.01 Å². The molecule has 8 heteroatoms. The average molecular weight is 394 g/mol. The summed E-state index contributed by atoms with van der Waals surface area (Å²) in [4.78, 5) is 13.8. The Hall–Kier alpha value is -2.97. The first kappa shape index (κ1) is 18.1. The molecule has 2 aromatic carbocycles. The van der Waals surface area contributed by atoms with Crippen molar-refractivity contribution in [2.45, 2.75) is 6.54 Å². The van der Waals surface area contributed by atoms with E-state index < -0.39 is 0 Å². The van der Waals surface area contributed by atoms with E-state index >= 15 is 0 Å². The highest BCUT2D eigenvalue weighted by Crippen LogP contribution is 2.25. The van der Waals surface area contributed by atoms with Crippen molar-refractivity contribution in [3.63, 3.8) is 0 Å². The predicted octanol–water partition coefficient (Wildman–Crippen LogP) is 3.34. The first-order valence-electron chi connectivity index (χ1n) is 9.74. The lowest BCUT2D eigenvalue weighted by molar-refractivity contribution is 0.148. The van der Waals surface area contributed by atoms with Crippen molar-refractivity contribution in [1.82, 2.24) is 24.3 Å². The SMILES string of the molecule is CN1CCN(Cc2ccc3oc(Nc4nc5cc(F)ccc5n4C)nc3c2)CC1. The fourth-order valence-electron chi connectivity index (χ4n) is 3.77. The fraction of sp³-hybridized carbons (Fsp3) is 0.333. The standard InChI is InChI=1S/C21H23FN6O/c1-26-7-9-28(10-8-26)13-14-3-6-19-17(11-14)24-21(29-19)25-20-23-16-12-15(22)4-5-18(16)27(20)2/h3-6,11-12H,7-10,13H2,1-2H3,(H,23,24,25). The molecule has 4 aromatic rings. The summed E-state index contributed by atoms with van der Waals surface area (Å²) in [5.41, 5.74) is 4.17. The van der Waals surface area contributed by atoms with Crippen LogP contribution in [0.2, 0.25) is 0 Å². The van der Waals surface area contributed by atoms with E-state index in [9.17, 15) is 4.39 Å². The molecule has 150 valence electrons. The highest BCUT2D eigenvalue weighted by atomic mass is 19.1. The highest BCUT2D eigenvalue weighted by Gasteiger charge is 2.16. The molecular weight excluding hydrogens is 371 g/mol. The zero-order valence-electron chi connectivity index (χ0n) is 16.5. The molecule has 1 N–H and O–H groups in total. The van der Waals surface area contributed by atoms with E-state index in [0.717, 1.165) is 49.3 Å². The second-order valence-electron chi connectivity index (χ2n) is 7.65. The van der Waals surface area contributed by atoms with Crippen LogP contribution in [0.25, 0.3) is 22.1 Å². The molecule has 3 heterocycles. The number of aryl methyl sites for hydroxylation is 1. The maximum atomic E-state index is 13.5. The molecule has 7 nitrogen and oxygen atoms in total. The van der Waals surface area contributed by atoms with E-state index in [2.05, 4.69) is 44.3 Å². The van der Waals surface area contributed by atoms with Gasteiger partial charge in [-0.3, -0.25) is 10.2 Å². The van der Waals surface area contributed by atoms with Crippen molar-refractivity contribution < 1.29 is 8.81 Å². The number of likely N-dealkylation sites (N-methyl/N-ethyl adjacent to an activating group) is 1. The minimum Gasteiger partial charge on any atom is -0.423 e. The minimum atomic E-state index is -0.308. The Morgan fingerprint density at radius 2 is 1.83 bits per heavy atom. The summed E-state index contributed by atoms with van der Waals surface area (Å²) in [7, 11) is 4.03. The van der Waals surface area contributed by atoms with Gasteiger partial charge in [-0.25, -0.2) is 9.37 Å². The van der Waals surface area contributed by atoms with Gasteiger partial charge in [-0.2, -0.15) is 4.98 Å². The van der Waals surface area contributed by atoms with E-state index in [1.807, 2.05) is 17.7 Å². The maximum Gasteiger partial charge on any atom is 0.302 e. The number of benzene rings is 2. The molecule has 0 atom stereocenters. The first-order chi connectivity index (χ1) is 14.0. The third kappa shape index (κ3) is 3.56. The summed E-state index contributed by atoms with van der Waals surface area (Å²) < 4.78 is 21.1. The number of nitrogens with zero attached hydrogens (tertiary/aromatic N) is 5. The normalized spacial score (nSPS) is 16.1. The zero-order chi connectivity index (χ0) is 20.0. The van der Waals surface area contributed by atoms with E-state index in [1.54, 1.807) is 6.07 Å². The molecule has 1 fully saturated rings. The topological polar surface area (TPSA) is 62.4 Å². The van der Waals surface area contributed by atoms with Crippen LogP contribution in [0.4, 0.5) is 16.4 Å². The Bertz CT molecular complexity index is 1170. The summed E-state index contributed by atoms with van der Waals surface area (Å²) in [5.74, 6) is 0.242. The van der Waals surface area contributed by atoms with E-state index in [-0.39, 0.29) is 5.82 Å². The molecule has 0 spiro atoms. The number of oxazole rings is 1. The van der Waals surface area contributed by atoms with Crippen LogP contribution >= 0.6 is 0 Å². The Kier molecular flexibility index (Phi) is 4.44. The quantitative estimate of drug-likeness (QED) is 0.573. The Morgan fingerprint density at radius 3 is 2.66 bits per heavy atom. The van der Waals surface area contributed by atoms with Crippen LogP contribution in [-0.2, 0) is 13.6 Å². The molecule has 1 aliphatic heterocycles. The molecule has 1 saturated heterocycles. The van der Waals surface area contributed by atoms with Crippen molar-refractivity contribution in [1.29, 1.82) is 0 Å². The molecule has 0 radical (unpaired) electrons. The largest absolute Gasteiger partial charge is 0.423 e. The van der Waals surface area contributed by atoms with Crippen LogP contribution in [-0.4, -0.2) is 57.6 Å². The van der Waals surface area contributed by atoms with Gasteiger partial charge in [0.25, 0.3) is 0 Å². The van der Waals surface area contributed by atoms with Crippen LogP contribution < -0.4 is 5.32 Å². The summed E-state index contributed by atoms with van der Waals surface area (Å²) in [6.07, 6.45) is 0. The zero-order valence-corrected chi connectivity index (χ0v) is 16.5. The van der Waals surface area contributed by atoms with Crippen molar-refractivity contribution >= 4 is 34.1 Å². The smallest absolute Gasteiger partial charge is 0.302 e. The predicted molar refractivity (Wildman–Crippen MR) is 111 cm³/mol. The van der Waals surface area contributed by atoms with Gasteiger partial charge in [-0.05, 0) is 36.9 Å². The van der Waals surface area contributed by atoms with E-state index in [4.69, 9.17) is 4.42 Å². The number of nitrogens with one attached hydrogen (secondary N) is 1. The maximum absolute atomic E-state index is 13.5. The summed E-state index contributed by atoms with van der Waals surface area (Å²) in [5, 5.41) is 3.11. The fourth-order valence-corrected chi connectivity index (χ4v) is 3.77. The monoisotopic (exact) mass is 394 g/mol. The lowest BCUT2D eigenvalue weighted by Gasteiger charge is -2.32. The van der Waals surface area contributed by atoms with Gasteiger partial charge in [0.1, 0.15) is 11.3 Å². The third-order valence-corrected chi connectivity index (χ3v) is 5.52. The van der Waals surface area contributed by atoms with Gasteiger partial charge in [-0.15, -0.1) is 0 Å². The summed E-state index contributed by atoms with van der Waals surface area (Å²) in [6, 6.07) is 11.0. The van der Waals surface area contributed by atoms with E-state index in [0.29, 0.717) is 17.5 Å². The van der Waals surface area contributed by atoms with Gasteiger partial charge in [0.2, 0.25) is 5.95 Å². The van der Waals surface area contributed by atoms with Crippen LogP contribution in [0, 0.1) is 5.82 Å². The second kappa shape index (κ2) is 7.13. The number of halogens is 1. The summed E-state index contributed by atoms with van der Waals surface area (Å²) in [6.45, 7) is 5.26. The second-order valence-corrected chi connectivity index (χ2v) is 7.65. The van der Waals surface area contributed by atoms with Crippen molar-refractivity contribution in [2.24, 2.45) is 7.05 Å². The van der Waals surface area contributed by atoms with Crippen LogP contribution in [0.3, 0.4) is 0 Å². The van der Waals surface area contributed by atoms with Crippen molar-refractivity contribution in [3.05, 3.63) is 47.8 Å². The molecule has 29 heavy (non-hydrogen) atoms. The summed E-state index contributed by atoms with van der Waals surface area (Å²) >= 11 is 0. The molecule has 0 aliphatic carbocycles. The number of fused-ring (bicyclic) bond motifs is 2. The van der Waals surface area contributed by atoms with Gasteiger partial charge in [-0.1, -0.05) is 6.07 Å². The number of rotatable bonds is 4. The number of hydrogen-bond donors (Lipinski definition) is 1. The van der Waals surface area contributed by atoms with Gasteiger partial charge < -0.3 is 13.9 Å². The third-order valence-electron chi connectivity index (χ3n) is 5.52. The minimum absolute atomic E-state index is 0.308. The van der Waals surface area contributed by atoms with Crippen molar-refractivity contribution in [2.75, 3.05) is 38.5 Å². The molecule has 5 rings (SSSR count). The molecule has 2 aromatic heterocycles. The number of piperazine rings is 1. The van der Waals surface area contributed by atoms with Gasteiger partial charge in [0.05, 0.1) is 11.0 Å². The number of anilines is 2. The molecule has 1 aliphatic rings. The highest BCUT2D eigenvalue weighted by molar-refractivity contribution is 5.80. The van der Waals surface area contributed by atoms with Crippen LogP contribution in [0.5, 0.6) is 0 Å². The number of aromatic nitrogens is 3. The first-order valence-corrected chi connectivity index (χ1v) is 9.74. The van der Waals surface area contributed by atoms with Gasteiger partial charge in [0, 0.05) is 45.8 Å². The Labute approximate surface area is 167 Å². The molecule has 0 bridgehead atoms. The van der Waals surface area contributed by atoms with Crippen molar-refractivity contribution in [3.8, 4) is 0 Å². The molecular formula is C21H23FN6O.